The van der Waals surface area contributed by atoms with Crippen molar-refractivity contribution in [3.63, 3.8) is 0 Å². The molecule has 1 aliphatic rings. The molecule has 2 N–H and O–H groups in total. The molecule has 1 fully saturated rings. The lowest BCUT2D eigenvalue weighted by Crippen LogP contribution is -2.40. The van der Waals surface area contributed by atoms with Gasteiger partial charge in [0, 0.05) is 11.6 Å². The highest BCUT2D eigenvalue weighted by Crippen LogP contribution is 2.42. The summed E-state index contributed by atoms with van der Waals surface area (Å²) in [7, 11) is 0. The fourth-order valence-corrected chi connectivity index (χ4v) is 2.28. The first-order valence-corrected chi connectivity index (χ1v) is 7.00. The van der Waals surface area contributed by atoms with E-state index in [1.54, 1.807) is 13.8 Å². The summed E-state index contributed by atoms with van der Waals surface area (Å²) >= 11 is 5.88. The molecule has 0 saturated heterocycles. The maximum absolute atomic E-state index is 12.3. The first kappa shape index (κ1) is 14.4. The maximum atomic E-state index is 12.3. The number of nitrogens with one attached hydrogen (secondary N) is 1. The molecule has 1 amide bonds. The predicted octanol–water partition coefficient (Wildman–Crippen LogP) is 2.72. The van der Waals surface area contributed by atoms with Crippen molar-refractivity contribution < 1.29 is 9.90 Å². The van der Waals surface area contributed by atoms with Gasteiger partial charge in [0.1, 0.15) is 0 Å². The van der Waals surface area contributed by atoms with Crippen LogP contribution in [-0.4, -0.2) is 23.2 Å². The summed E-state index contributed by atoms with van der Waals surface area (Å²) in [6, 6.07) is 7.45. The first-order chi connectivity index (χ1) is 8.87. The second-order valence-corrected chi connectivity index (χ2v) is 6.33. The van der Waals surface area contributed by atoms with Crippen molar-refractivity contribution in [3.05, 3.63) is 34.9 Å². The maximum Gasteiger partial charge on any atom is 0.227 e. The van der Waals surface area contributed by atoms with E-state index in [2.05, 4.69) is 5.32 Å². The number of carbonyl (C=O) groups excluding carboxylic acids is 1. The summed E-state index contributed by atoms with van der Waals surface area (Å²) in [5.41, 5.74) is 0.115. The summed E-state index contributed by atoms with van der Waals surface area (Å²) in [6.45, 7) is 3.63. The zero-order chi connectivity index (χ0) is 14.0. The summed E-state index contributed by atoms with van der Waals surface area (Å²) in [4.78, 5) is 12.3. The molecular weight excluding hydrogens is 262 g/mol. The van der Waals surface area contributed by atoms with Gasteiger partial charge in [0.25, 0.3) is 0 Å². The van der Waals surface area contributed by atoms with Gasteiger partial charge in [0.15, 0.2) is 0 Å². The SMILES string of the molecule is CC(C)(O)CNC(=O)C(c1ccc(Cl)cc1)C1CC1. The molecule has 0 spiro atoms. The average molecular weight is 282 g/mol. The monoisotopic (exact) mass is 281 g/mol. The molecule has 0 aromatic heterocycles. The van der Waals surface area contributed by atoms with Gasteiger partial charge in [-0.2, -0.15) is 0 Å². The Kier molecular flexibility index (Phi) is 4.16. The van der Waals surface area contributed by atoms with E-state index < -0.39 is 5.60 Å². The lowest BCUT2D eigenvalue weighted by atomic mass is 9.93. The Morgan fingerprint density at radius 1 is 1.42 bits per heavy atom. The van der Waals surface area contributed by atoms with Crippen LogP contribution in [0.25, 0.3) is 0 Å². The number of halogens is 1. The lowest BCUT2D eigenvalue weighted by Gasteiger charge is -2.21. The average Bonchev–Trinajstić information content (AvgIpc) is 3.13. The zero-order valence-electron chi connectivity index (χ0n) is 11.3. The van der Waals surface area contributed by atoms with Gasteiger partial charge < -0.3 is 10.4 Å². The minimum Gasteiger partial charge on any atom is -0.389 e. The number of hydrogen-bond acceptors (Lipinski definition) is 2. The van der Waals surface area contributed by atoms with Gasteiger partial charge in [-0.05, 0) is 50.3 Å². The highest BCUT2D eigenvalue weighted by molar-refractivity contribution is 6.30. The summed E-state index contributed by atoms with van der Waals surface area (Å²) in [5.74, 6) is 0.287. The smallest absolute Gasteiger partial charge is 0.227 e. The van der Waals surface area contributed by atoms with E-state index in [4.69, 9.17) is 11.6 Å². The summed E-state index contributed by atoms with van der Waals surface area (Å²) < 4.78 is 0. The highest BCUT2D eigenvalue weighted by Gasteiger charge is 2.37. The van der Waals surface area contributed by atoms with Gasteiger partial charge in [-0.1, -0.05) is 23.7 Å². The molecule has 1 aromatic rings. The second kappa shape index (κ2) is 5.51. The van der Waals surface area contributed by atoms with E-state index in [0.717, 1.165) is 18.4 Å². The van der Waals surface area contributed by atoms with Gasteiger partial charge in [-0.15, -0.1) is 0 Å². The Bertz CT molecular complexity index is 446. The van der Waals surface area contributed by atoms with E-state index >= 15 is 0 Å². The number of hydrogen-bond donors (Lipinski definition) is 2. The van der Waals surface area contributed by atoms with E-state index in [-0.39, 0.29) is 18.4 Å². The first-order valence-electron chi connectivity index (χ1n) is 6.62. The van der Waals surface area contributed by atoms with Crippen LogP contribution in [0.15, 0.2) is 24.3 Å². The van der Waals surface area contributed by atoms with E-state index in [9.17, 15) is 9.90 Å². The van der Waals surface area contributed by atoms with E-state index in [0.29, 0.717) is 10.9 Å². The Balaban J connectivity index is 2.07. The molecule has 4 heteroatoms. The Morgan fingerprint density at radius 3 is 2.47 bits per heavy atom. The molecule has 19 heavy (non-hydrogen) atoms. The van der Waals surface area contributed by atoms with Crippen molar-refractivity contribution in [2.24, 2.45) is 5.92 Å². The van der Waals surface area contributed by atoms with Crippen LogP contribution in [0.1, 0.15) is 38.2 Å². The van der Waals surface area contributed by atoms with Gasteiger partial charge in [0.05, 0.1) is 11.5 Å². The molecule has 104 valence electrons. The molecule has 0 radical (unpaired) electrons. The third-order valence-corrected chi connectivity index (χ3v) is 3.55. The largest absolute Gasteiger partial charge is 0.389 e. The van der Waals surface area contributed by atoms with Crippen LogP contribution < -0.4 is 5.32 Å². The van der Waals surface area contributed by atoms with Crippen LogP contribution in [-0.2, 0) is 4.79 Å². The van der Waals surface area contributed by atoms with Crippen LogP contribution in [0.4, 0.5) is 0 Å². The molecule has 1 aliphatic carbocycles. The Labute approximate surface area is 119 Å². The number of amides is 1. The van der Waals surface area contributed by atoms with E-state index in [1.165, 1.54) is 0 Å². The zero-order valence-corrected chi connectivity index (χ0v) is 12.1. The van der Waals surface area contributed by atoms with Crippen LogP contribution in [0, 0.1) is 5.92 Å². The topological polar surface area (TPSA) is 49.3 Å². The highest BCUT2D eigenvalue weighted by atomic mass is 35.5. The van der Waals surface area contributed by atoms with Crippen molar-refractivity contribution in [2.75, 3.05) is 6.54 Å². The van der Waals surface area contributed by atoms with Crippen LogP contribution >= 0.6 is 11.6 Å². The lowest BCUT2D eigenvalue weighted by molar-refractivity contribution is -0.124. The predicted molar refractivity (Wildman–Crippen MR) is 76.2 cm³/mol. The minimum absolute atomic E-state index is 0.00746. The minimum atomic E-state index is -0.885. The molecule has 2 rings (SSSR count). The number of carbonyl (C=O) groups is 1. The Morgan fingerprint density at radius 2 is 2.00 bits per heavy atom. The summed E-state index contributed by atoms with van der Waals surface area (Å²) in [6.07, 6.45) is 2.17. The molecular formula is C15H20ClNO2. The van der Waals surface area contributed by atoms with Crippen LogP contribution in [0.2, 0.25) is 5.02 Å². The fourth-order valence-electron chi connectivity index (χ4n) is 2.15. The molecule has 0 aliphatic heterocycles. The molecule has 3 nitrogen and oxygen atoms in total. The van der Waals surface area contributed by atoms with Crippen LogP contribution in [0.5, 0.6) is 0 Å². The van der Waals surface area contributed by atoms with Gasteiger partial charge >= 0.3 is 0 Å². The number of aliphatic hydroxyl groups is 1. The van der Waals surface area contributed by atoms with Crippen molar-refractivity contribution >= 4 is 17.5 Å². The number of benzene rings is 1. The van der Waals surface area contributed by atoms with Crippen molar-refractivity contribution in [1.29, 1.82) is 0 Å². The molecule has 1 atom stereocenters. The standard InChI is InChI=1S/C15H20ClNO2/c1-15(2,19)9-17-14(18)13(10-3-4-10)11-5-7-12(16)8-6-11/h5-8,10,13,19H,3-4,9H2,1-2H3,(H,17,18). The molecule has 1 unspecified atom stereocenters. The normalized spacial score (nSPS) is 17.1. The van der Waals surface area contributed by atoms with Gasteiger partial charge in [-0.25, -0.2) is 0 Å². The third kappa shape index (κ3) is 4.22. The Hall–Kier alpha value is -1.06. The molecule has 1 aromatic carbocycles. The molecule has 0 heterocycles. The second-order valence-electron chi connectivity index (χ2n) is 5.90. The van der Waals surface area contributed by atoms with Gasteiger partial charge in [0.2, 0.25) is 5.91 Å². The van der Waals surface area contributed by atoms with E-state index in [1.807, 2.05) is 24.3 Å². The summed E-state index contributed by atoms with van der Waals surface area (Å²) in [5, 5.41) is 13.2. The molecule has 1 saturated carbocycles. The fraction of sp³-hybridized carbons (Fsp3) is 0.533. The quantitative estimate of drug-likeness (QED) is 0.872. The van der Waals surface area contributed by atoms with Crippen molar-refractivity contribution in [2.45, 2.75) is 38.2 Å². The van der Waals surface area contributed by atoms with Gasteiger partial charge in [-0.3, -0.25) is 4.79 Å². The van der Waals surface area contributed by atoms with Crippen molar-refractivity contribution in [1.82, 2.24) is 5.32 Å². The van der Waals surface area contributed by atoms with Crippen molar-refractivity contribution in [3.8, 4) is 0 Å². The number of rotatable bonds is 5. The third-order valence-electron chi connectivity index (χ3n) is 3.30. The van der Waals surface area contributed by atoms with Crippen LogP contribution in [0.3, 0.4) is 0 Å². The molecule has 0 bridgehead atoms.